The normalized spacial score (nSPS) is 11.9. The molecule has 0 aliphatic carbocycles. The van der Waals surface area contributed by atoms with Gasteiger partial charge >= 0.3 is 6.18 Å². The van der Waals surface area contributed by atoms with Crippen molar-refractivity contribution in [2.24, 2.45) is 0 Å². The standard InChI is InChI=1S/C8H3BrF5NO/c9-4-1-3(7(10)11)6(8(12,13)14)15-5(4)2-16/h1-2,7H. The second-order valence-corrected chi connectivity index (χ2v) is 3.56. The molecule has 0 spiro atoms. The highest BCUT2D eigenvalue weighted by Gasteiger charge is 2.38. The first-order valence-corrected chi connectivity index (χ1v) is 4.57. The molecule has 0 fully saturated rings. The maximum absolute atomic E-state index is 12.3. The average molecular weight is 304 g/mol. The number of rotatable bonds is 2. The van der Waals surface area contributed by atoms with Crippen LogP contribution in [-0.2, 0) is 6.18 Å². The fraction of sp³-hybridized carbons (Fsp3) is 0.250. The summed E-state index contributed by atoms with van der Waals surface area (Å²) in [5.41, 5.74) is -3.57. The molecule has 0 aliphatic rings. The Morgan fingerprint density at radius 3 is 2.31 bits per heavy atom. The quantitative estimate of drug-likeness (QED) is 0.617. The molecule has 0 unspecified atom stereocenters. The lowest BCUT2D eigenvalue weighted by molar-refractivity contribution is -0.143. The summed E-state index contributed by atoms with van der Waals surface area (Å²) < 4.78 is 61.4. The smallest absolute Gasteiger partial charge is 0.296 e. The molecule has 0 amide bonds. The van der Waals surface area contributed by atoms with Crippen LogP contribution in [0.25, 0.3) is 0 Å². The number of aldehydes is 1. The molecule has 8 heteroatoms. The molecule has 1 aromatic heterocycles. The van der Waals surface area contributed by atoms with Gasteiger partial charge in [0.05, 0.1) is 0 Å². The monoisotopic (exact) mass is 303 g/mol. The predicted octanol–water partition coefficient (Wildman–Crippen LogP) is 3.61. The third-order valence-corrected chi connectivity index (χ3v) is 2.28. The van der Waals surface area contributed by atoms with Gasteiger partial charge in [0.2, 0.25) is 0 Å². The third kappa shape index (κ3) is 2.55. The zero-order chi connectivity index (χ0) is 12.5. The second-order valence-electron chi connectivity index (χ2n) is 2.71. The molecular formula is C8H3BrF5NO. The van der Waals surface area contributed by atoms with Gasteiger partial charge in [-0.15, -0.1) is 0 Å². The lowest BCUT2D eigenvalue weighted by atomic mass is 10.1. The molecule has 1 aromatic rings. The van der Waals surface area contributed by atoms with Crippen molar-refractivity contribution in [2.45, 2.75) is 12.6 Å². The highest BCUT2D eigenvalue weighted by atomic mass is 79.9. The van der Waals surface area contributed by atoms with Crippen molar-refractivity contribution >= 4 is 22.2 Å². The van der Waals surface area contributed by atoms with Crippen molar-refractivity contribution in [3.63, 3.8) is 0 Å². The summed E-state index contributed by atoms with van der Waals surface area (Å²) in [6, 6.07) is 0.546. The largest absolute Gasteiger partial charge is 0.433 e. The summed E-state index contributed by atoms with van der Waals surface area (Å²) in [5, 5.41) is 0. The Bertz CT molecular complexity index is 418. The number of carbonyl (C=O) groups excluding carboxylic acids is 1. The Labute approximate surface area is 94.6 Å². The van der Waals surface area contributed by atoms with Crippen LogP contribution in [0.15, 0.2) is 10.5 Å². The van der Waals surface area contributed by atoms with Crippen LogP contribution in [0.2, 0.25) is 0 Å². The number of halogens is 6. The lowest BCUT2D eigenvalue weighted by Crippen LogP contribution is -2.14. The first kappa shape index (κ1) is 13.0. The summed E-state index contributed by atoms with van der Waals surface area (Å²) in [6.07, 6.45) is -8.29. The maximum Gasteiger partial charge on any atom is 0.433 e. The summed E-state index contributed by atoms with van der Waals surface area (Å²) in [4.78, 5) is 13.2. The molecule has 2 nitrogen and oxygen atoms in total. The van der Waals surface area contributed by atoms with E-state index in [9.17, 15) is 26.7 Å². The number of carbonyl (C=O) groups is 1. The molecule has 0 radical (unpaired) electrons. The van der Waals surface area contributed by atoms with Gasteiger partial charge in [0.15, 0.2) is 12.0 Å². The number of aromatic nitrogens is 1. The van der Waals surface area contributed by atoms with E-state index in [0.29, 0.717) is 6.07 Å². The van der Waals surface area contributed by atoms with Gasteiger partial charge in [0.25, 0.3) is 6.43 Å². The van der Waals surface area contributed by atoms with Gasteiger partial charge in [-0.3, -0.25) is 4.79 Å². The number of hydrogen-bond donors (Lipinski definition) is 0. The molecule has 0 aliphatic heterocycles. The Hall–Kier alpha value is -1.05. The molecule has 1 heterocycles. The summed E-state index contributed by atoms with van der Waals surface area (Å²) in [6.45, 7) is 0. The minimum absolute atomic E-state index is 0.0502. The lowest BCUT2D eigenvalue weighted by Gasteiger charge is -2.12. The van der Waals surface area contributed by atoms with Gasteiger partial charge in [-0.1, -0.05) is 0 Å². The summed E-state index contributed by atoms with van der Waals surface area (Å²) in [7, 11) is 0. The van der Waals surface area contributed by atoms with Gasteiger partial charge in [0.1, 0.15) is 5.69 Å². The number of nitrogens with zero attached hydrogens (tertiary/aromatic N) is 1. The van der Waals surface area contributed by atoms with Gasteiger partial charge in [0, 0.05) is 10.0 Å². The van der Waals surface area contributed by atoms with Crippen molar-refractivity contribution < 1.29 is 26.7 Å². The van der Waals surface area contributed by atoms with Crippen molar-refractivity contribution in [3.8, 4) is 0 Å². The van der Waals surface area contributed by atoms with Crippen molar-refractivity contribution in [1.82, 2.24) is 4.98 Å². The molecule has 0 N–H and O–H groups in total. The van der Waals surface area contributed by atoms with E-state index in [1.54, 1.807) is 0 Å². The second kappa shape index (κ2) is 4.44. The first-order valence-electron chi connectivity index (χ1n) is 3.78. The van der Waals surface area contributed by atoms with E-state index in [1.165, 1.54) is 0 Å². The van der Waals surface area contributed by atoms with Crippen LogP contribution in [0.1, 0.15) is 28.2 Å². The third-order valence-electron chi connectivity index (χ3n) is 1.65. The molecule has 0 saturated heterocycles. The minimum Gasteiger partial charge on any atom is -0.296 e. The Morgan fingerprint density at radius 2 is 1.94 bits per heavy atom. The van der Waals surface area contributed by atoms with Gasteiger partial charge in [-0.25, -0.2) is 13.8 Å². The van der Waals surface area contributed by atoms with Gasteiger partial charge < -0.3 is 0 Å². The van der Waals surface area contributed by atoms with E-state index in [-0.39, 0.29) is 10.8 Å². The minimum atomic E-state index is -5.02. The fourth-order valence-electron chi connectivity index (χ4n) is 0.993. The average Bonchev–Trinajstić information content (AvgIpc) is 2.15. The Balaban J connectivity index is 3.49. The molecule has 16 heavy (non-hydrogen) atoms. The fourth-order valence-corrected chi connectivity index (χ4v) is 1.42. The molecule has 0 bridgehead atoms. The topological polar surface area (TPSA) is 30.0 Å². The molecule has 0 atom stereocenters. The van der Waals surface area contributed by atoms with E-state index in [1.807, 2.05) is 0 Å². The molecular weight excluding hydrogens is 301 g/mol. The molecule has 1 rings (SSSR count). The van der Waals surface area contributed by atoms with Gasteiger partial charge in [-0.2, -0.15) is 13.2 Å². The van der Waals surface area contributed by atoms with E-state index in [4.69, 9.17) is 0 Å². The van der Waals surface area contributed by atoms with Gasteiger partial charge in [-0.05, 0) is 22.0 Å². The highest BCUT2D eigenvalue weighted by Crippen LogP contribution is 2.36. The summed E-state index contributed by atoms with van der Waals surface area (Å²) in [5.74, 6) is 0. The Morgan fingerprint density at radius 1 is 1.38 bits per heavy atom. The SMILES string of the molecule is O=Cc1nc(C(F)(F)F)c(C(F)F)cc1Br. The zero-order valence-electron chi connectivity index (χ0n) is 7.36. The van der Waals surface area contributed by atoms with E-state index in [2.05, 4.69) is 20.9 Å². The van der Waals surface area contributed by atoms with Crippen LogP contribution in [0, 0.1) is 0 Å². The molecule has 0 saturated carbocycles. The first-order chi connectivity index (χ1) is 7.27. The van der Waals surface area contributed by atoms with Crippen molar-refractivity contribution in [3.05, 3.63) is 27.5 Å². The van der Waals surface area contributed by atoms with Crippen molar-refractivity contribution in [1.29, 1.82) is 0 Å². The van der Waals surface area contributed by atoms with Crippen LogP contribution < -0.4 is 0 Å². The molecule has 0 aromatic carbocycles. The maximum atomic E-state index is 12.3. The zero-order valence-corrected chi connectivity index (χ0v) is 8.94. The van der Waals surface area contributed by atoms with Crippen LogP contribution in [0.4, 0.5) is 22.0 Å². The van der Waals surface area contributed by atoms with Crippen LogP contribution in [0.3, 0.4) is 0 Å². The highest BCUT2D eigenvalue weighted by molar-refractivity contribution is 9.10. The summed E-state index contributed by atoms with van der Waals surface area (Å²) >= 11 is 2.68. The van der Waals surface area contributed by atoms with E-state index in [0.717, 1.165) is 0 Å². The number of hydrogen-bond acceptors (Lipinski definition) is 2. The van der Waals surface area contributed by atoms with E-state index >= 15 is 0 Å². The van der Waals surface area contributed by atoms with Crippen LogP contribution in [0.5, 0.6) is 0 Å². The van der Waals surface area contributed by atoms with Crippen molar-refractivity contribution in [2.75, 3.05) is 0 Å². The van der Waals surface area contributed by atoms with Crippen LogP contribution in [-0.4, -0.2) is 11.3 Å². The Kier molecular flexibility index (Phi) is 3.61. The number of alkyl halides is 5. The predicted molar refractivity (Wildman–Crippen MR) is 47.3 cm³/mol. The molecule has 88 valence electrons. The van der Waals surface area contributed by atoms with E-state index < -0.39 is 29.6 Å². The number of pyridine rings is 1. The van der Waals surface area contributed by atoms with Crippen LogP contribution >= 0.6 is 15.9 Å².